The molecule has 0 aliphatic heterocycles. The summed E-state index contributed by atoms with van der Waals surface area (Å²) in [6, 6.07) is 2.28. The minimum atomic E-state index is 0.205. The summed E-state index contributed by atoms with van der Waals surface area (Å²) in [5.74, 6) is 0. The van der Waals surface area contributed by atoms with Crippen molar-refractivity contribution < 1.29 is 0 Å². The number of rotatable bonds is 7. The zero-order chi connectivity index (χ0) is 15.4. The fourth-order valence-corrected chi connectivity index (χ4v) is 2.46. The van der Waals surface area contributed by atoms with Gasteiger partial charge in [-0.2, -0.15) is 5.10 Å². The lowest BCUT2D eigenvalue weighted by Gasteiger charge is -2.28. The zero-order valence-corrected chi connectivity index (χ0v) is 14.5. The molecule has 0 bridgehead atoms. The van der Waals surface area contributed by atoms with Gasteiger partial charge in [0.2, 0.25) is 0 Å². The van der Waals surface area contributed by atoms with Crippen LogP contribution in [-0.2, 0) is 19.4 Å². The monoisotopic (exact) mass is 279 g/mol. The highest BCUT2D eigenvalue weighted by Gasteiger charge is 2.22. The van der Waals surface area contributed by atoms with Crippen molar-refractivity contribution in [3.8, 4) is 0 Å². The molecule has 0 unspecified atom stereocenters. The van der Waals surface area contributed by atoms with Crippen molar-refractivity contribution in [1.82, 2.24) is 15.1 Å². The van der Waals surface area contributed by atoms with Crippen molar-refractivity contribution in [2.24, 2.45) is 5.41 Å². The summed E-state index contributed by atoms with van der Waals surface area (Å²) in [5, 5.41) is 8.24. The first-order valence-corrected chi connectivity index (χ1v) is 7.97. The topological polar surface area (TPSA) is 29.9 Å². The molecule has 0 radical (unpaired) electrons. The maximum Gasteiger partial charge on any atom is 0.0624 e. The molecule has 0 aromatic carbocycles. The van der Waals surface area contributed by atoms with E-state index in [1.54, 1.807) is 0 Å². The van der Waals surface area contributed by atoms with Crippen molar-refractivity contribution in [2.45, 2.75) is 79.8 Å². The maximum atomic E-state index is 4.65. The van der Waals surface area contributed by atoms with Gasteiger partial charge in [0, 0.05) is 17.8 Å². The number of aryl methyl sites for hydroxylation is 2. The smallest absolute Gasteiger partial charge is 0.0624 e. The van der Waals surface area contributed by atoms with Crippen LogP contribution in [0.5, 0.6) is 0 Å². The molecule has 1 aromatic rings. The van der Waals surface area contributed by atoms with Gasteiger partial charge in [0.25, 0.3) is 0 Å². The Kier molecular flexibility index (Phi) is 5.81. The highest BCUT2D eigenvalue weighted by molar-refractivity contribution is 5.12. The molecule has 1 heterocycles. The van der Waals surface area contributed by atoms with Gasteiger partial charge >= 0.3 is 0 Å². The third-order valence-electron chi connectivity index (χ3n) is 3.69. The molecule has 20 heavy (non-hydrogen) atoms. The number of nitrogens with zero attached hydrogens (tertiary/aromatic N) is 2. The fourth-order valence-electron chi connectivity index (χ4n) is 2.46. The summed E-state index contributed by atoms with van der Waals surface area (Å²) < 4.78 is 2.16. The Labute approximate surface area is 125 Å². The average Bonchev–Trinajstić information content (AvgIpc) is 2.68. The normalized spacial score (nSPS) is 12.9. The first kappa shape index (κ1) is 17.2. The Morgan fingerprint density at radius 2 is 1.80 bits per heavy atom. The van der Waals surface area contributed by atoms with Crippen LogP contribution in [0.15, 0.2) is 6.07 Å². The van der Waals surface area contributed by atoms with Gasteiger partial charge in [-0.1, -0.05) is 20.8 Å². The summed E-state index contributed by atoms with van der Waals surface area (Å²) >= 11 is 0. The number of nitrogens with one attached hydrogen (secondary N) is 1. The second-order valence-electron chi connectivity index (χ2n) is 7.56. The van der Waals surface area contributed by atoms with E-state index in [-0.39, 0.29) is 5.54 Å². The summed E-state index contributed by atoms with van der Waals surface area (Å²) in [6.45, 7) is 17.8. The lowest BCUT2D eigenvalue weighted by molar-refractivity contribution is 0.295. The summed E-state index contributed by atoms with van der Waals surface area (Å²) in [6.07, 6.45) is 3.30. The predicted molar refractivity (Wildman–Crippen MR) is 87.1 cm³/mol. The lowest BCUT2D eigenvalue weighted by Crippen LogP contribution is -2.38. The van der Waals surface area contributed by atoms with E-state index in [2.05, 4.69) is 69.6 Å². The van der Waals surface area contributed by atoms with Crippen LogP contribution >= 0.6 is 0 Å². The molecule has 0 spiro atoms. The van der Waals surface area contributed by atoms with E-state index in [1.165, 1.54) is 17.8 Å². The van der Waals surface area contributed by atoms with Crippen LogP contribution in [0.4, 0.5) is 0 Å². The van der Waals surface area contributed by atoms with E-state index in [9.17, 15) is 0 Å². The van der Waals surface area contributed by atoms with Crippen molar-refractivity contribution >= 4 is 0 Å². The van der Waals surface area contributed by atoms with Gasteiger partial charge < -0.3 is 5.32 Å². The van der Waals surface area contributed by atoms with E-state index >= 15 is 0 Å². The molecular formula is C17H33N3. The largest absolute Gasteiger partial charge is 0.312 e. The Balaban J connectivity index is 2.63. The summed E-state index contributed by atoms with van der Waals surface area (Å²) in [7, 11) is 0. The molecule has 1 rings (SSSR count). The van der Waals surface area contributed by atoms with Crippen LogP contribution in [0.1, 0.15) is 66.3 Å². The van der Waals surface area contributed by atoms with Crippen LogP contribution in [0.2, 0.25) is 0 Å². The van der Waals surface area contributed by atoms with E-state index in [0.717, 1.165) is 25.9 Å². The van der Waals surface area contributed by atoms with Crippen molar-refractivity contribution in [3.63, 3.8) is 0 Å². The van der Waals surface area contributed by atoms with Gasteiger partial charge in [-0.05, 0) is 65.0 Å². The molecule has 0 saturated heterocycles. The summed E-state index contributed by atoms with van der Waals surface area (Å²) in [4.78, 5) is 0. The Bertz CT molecular complexity index is 410. The Morgan fingerprint density at radius 3 is 2.30 bits per heavy atom. The molecule has 0 saturated carbocycles. The first-order valence-electron chi connectivity index (χ1n) is 7.97. The van der Waals surface area contributed by atoms with Crippen LogP contribution in [-0.4, -0.2) is 21.9 Å². The number of hydrogen-bond acceptors (Lipinski definition) is 2. The lowest BCUT2D eigenvalue weighted by atomic mass is 9.84. The van der Waals surface area contributed by atoms with E-state index in [0.29, 0.717) is 5.41 Å². The van der Waals surface area contributed by atoms with Gasteiger partial charge in [0.15, 0.2) is 0 Å². The van der Waals surface area contributed by atoms with Gasteiger partial charge in [-0.25, -0.2) is 0 Å². The molecule has 3 nitrogen and oxygen atoms in total. The molecule has 1 aromatic heterocycles. The predicted octanol–water partition coefficient (Wildman–Crippen LogP) is 3.81. The standard InChI is InChI=1S/C17H33N3/c1-8-14-12-15(20(9-2)19-14)13-17(6,7)10-11-18-16(3,4)5/h12,18H,8-11,13H2,1-7H3. The molecule has 0 aliphatic rings. The molecule has 0 amide bonds. The van der Waals surface area contributed by atoms with Gasteiger partial charge in [0.1, 0.15) is 0 Å². The van der Waals surface area contributed by atoms with Crippen molar-refractivity contribution in [1.29, 1.82) is 0 Å². The van der Waals surface area contributed by atoms with Crippen LogP contribution < -0.4 is 5.32 Å². The Morgan fingerprint density at radius 1 is 1.15 bits per heavy atom. The van der Waals surface area contributed by atoms with Crippen molar-refractivity contribution in [2.75, 3.05) is 6.54 Å². The van der Waals surface area contributed by atoms with Crippen LogP contribution in [0.3, 0.4) is 0 Å². The quantitative estimate of drug-likeness (QED) is 0.822. The second kappa shape index (κ2) is 6.75. The van der Waals surface area contributed by atoms with E-state index in [1.807, 2.05) is 0 Å². The highest BCUT2D eigenvalue weighted by atomic mass is 15.3. The zero-order valence-electron chi connectivity index (χ0n) is 14.5. The minimum absolute atomic E-state index is 0.205. The summed E-state index contributed by atoms with van der Waals surface area (Å²) in [5.41, 5.74) is 3.10. The van der Waals surface area contributed by atoms with Crippen molar-refractivity contribution in [3.05, 3.63) is 17.5 Å². The SMILES string of the molecule is CCc1cc(CC(C)(C)CCNC(C)(C)C)n(CC)n1. The van der Waals surface area contributed by atoms with Gasteiger partial charge in [0.05, 0.1) is 5.69 Å². The molecule has 116 valence electrons. The van der Waals surface area contributed by atoms with E-state index < -0.39 is 0 Å². The third-order valence-corrected chi connectivity index (χ3v) is 3.69. The van der Waals surface area contributed by atoms with Crippen LogP contribution in [0, 0.1) is 5.41 Å². The Hall–Kier alpha value is -0.830. The second-order valence-corrected chi connectivity index (χ2v) is 7.56. The number of aromatic nitrogens is 2. The maximum absolute atomic E-state index is 4.65. The number of hydrogen-bond donors (Lipinski definition) is 1. The molecule has 0 atom stereocenters. The molecule has 0 aliphatic carbocycles. The van der Waals surface area contributed by atoms with Gasteiger partial charge in [-0.15, -0.1) is 0 Å². The fraction of sp³-hybridized carbons (Fsp3) is 0.824. The van der Waals surface area contributed by atoms with Crippen LogP contribution in [0.25, 0.3) is 0 Å². The average molecular weight is 279 g/mol. The molecular weight excluding hydrogens is 246 g/mol. The molecule has 3 heteroatoms. The molecule has 0 fully saturated rings. The third kappa shape index (κ3) is 5.66. The minimum Gasteiger partial charge on any atom is -0.312 e. The molecule has 1 N–H and O–H groups in total. The first-order chi connectivity index (χ1) is 9.17. The van der Waals surface area contributed by atoms with Gasteiger partial charge in [-0.3, -0.25) is 4.68 Å². The highest BCUT2D eigenvalue weighted by Crippen LogP contribution is 2.26. The van der Waals surface area contributed by atoms with E-state index in [4.69, 9.17) is 0 Å².